The first-order valence-corrected chi connectivity index (χ1v) is 6.91. The number of rotatable bonds is 4. The summed E-state index contributed by atoms with van der Waals surface area (Å²) in [4.78, 5) is 11.3. The first-order valence-electron chi connectivity index (χ1n) is 6.53. The first kappa shape index (κ1) is 12.8. The smallest absolute Gasteiger partial charge is 0.323 e. The van der Waals surface area contributed by atoms with Crippen LogP contribution in [0.5, 0.6) is 5.75 Å². The van der Waals surface area contributed by atoms with Crippen molar-refractivity contribution in [1.29, 1.82) is 0 Å². The van der Waals surface area contributed by atoms with Gasteiger partial charge in [-0.3, -0.25) is 10.1 Å². The number of carboxylic acid groups (broad SMARTS) is 1. The van der Waals surface area contributed by atoms with Crippen LogP contribution < -0.4 is 10.1 Å². The van der Waals surface area contributed by atoms with E-state index in [-0.39, 0.29) is 0 Å². The average Bonchev–Trinajstić information content (AvgIpc) is 2.74. The quantitative estimate of drug-likeness (QED) is 0.890. The molecule has 1 aromatic rings. The maximum absolute atomic E-state index is 11.3. The van der Waals surface area contributed by atoms with E-state index in [0.29, 0.717) is 31.0 Å². The zero-order valence-corrected chi connectivity index (χ0v) is 11.3. The fourth-order valence-electron chi connectivity index (χ4n) is 2.74. The molecule has 1 saturated carbocycles. The van der Waals surface area contributed by atoms with Gasteiger partial charge in [-0.15, -0.1) is 0 Å². The highest BCUT2D eigenvalue weighted by molar-refractivity contribution is 6.30. The number of ether oxygens (including phenoxy) is 1. The van der Waals surface area contributed by atoms with E-state index < -0.39 is 11.5 Å². The minimum absolute atomic E-state index is 0.481. The molecule has 19 heavy (non-hydrogen) atoms. The molecule has 2 aliphatic rings. The molecule has 1 aromatic carbocycles. The van der Waals surface area contributed by atoms with Crippen LogP contribution in [0.1, 0.15) is 30.4 Å². The maximum Gasteiger partial charge on any atom is 0.323 e. The molecule has 4 nitrogen and oxygen atoms in total. The molecule has 0 radical (unpaired) electrons. The molecule has 0 unspecified atom stereocenters. The summed E-state index contributed by atoms with van der Waals surface area (Å²) in [5.41, 5.74) is 1.31. The van der Waals surface area contributed by atoms with Crippen molar-refractivity contribution in [3.8, 4) is 5.75 Å². The summed E-state index contributed by atoms with van der Waals surface area (Å²) in [6.07, 6.45) is 3.20. The Morgan fingerprint density at radius 3 is 2.89 bits per heavy atom. The van der Waals surface area contributed by atoms with Crippen LogP contribution in [0, 0.1) is 0 Å². The summed E-state index contributed by atoms with van der Waals surface area (Å²) in [6, 6.07) is 3.77. The Morgan fingerprint density at radius 2 is 2.26 bits per heavy atom. The fourth-order valence-corrected chi connectivity index (χ4v) is 3.00. The van der Waals surface area contributed by atoms with Gasteiger partial charge in [0.25, 0.3) is 0 Å². The van der Waals surface area contributed by atoms with Crippen LogP contribution in [0.4, 0.5) is 0 Å². The Morgan fingerprint density at radius 1 is 1.47 bits per heavy atom. The predicted octanol–water partition coefficient (Wildman–Crippen LogP) is 2.37. The molecule has 1 heterocycles. The van der Waals surface area contributed by atoms with Crippen molar-refractivity contribution < 1.29 is 14.6 Å². The first-order chi connectivity index (χ1) is 9.11. The SMILES string of the molecule is O=C(O)C1(NCc2cc(Cl)cc3c2OCC3)CCC1. The van der Waals surface area contributed by atoms with Gasteiger partial charge in [0.05, 0.1) is 6.61 Å². The van der Waals surface area contributed by atoms with E-state index in [4.69, 9.17) is 16.3 Å². The molecule has 102 valence electrons. The van der Waals surface area contributed by atoms with Gasteiger partial charge in [-0.25, -0.2) is 0 Å². The molecule has 2 N–H and O–H groups in total. The highest BCUT2D eigenvalue weighted by Crippen LogP contribution is 2.35. The van der Waals surface area contributed by atoms with Gasteiger partial charge in [-0.1, -0.05) is 11.6 Å². The lowest BCUT2D eigenvalue weighted by atomic mass is 9.76. The van der Waals surface area contributed by atoms with E-state index in [2.05, 4.69) is 5.32 Å². The van der Waals surface area contributed by atoms with E-state index in [0.717, 1.165) is 29.7 Å². The van der Waals surface area contributed by atoms with Crippen LogP contribution in [0.3, 0.4) is 0 Å². The molecular weight excluding hydrogens is 266 g/mol. The molecule has 1 fully saturated rings. The fraction of sp³-hybridized carbons (Fsp3) is 0.500. The van der Waals surface area contributed by atoms with Crippen LogP contribution in [-0.4, -0.2) is 23.2 Å². The lowest BCUT2D eigenvalue weighted by Gasteiger charge is -2.38. The van der Waals surface area contributed by atoms with Gasteiger partial charge >= 0.3 is 5.97 Å². The van der Waals surface area contributed by atoms with Crippen LogP contribution >= 0.6 is 11.6 Å². The van der Waals surface area contributed by atoms with Gasteiger partial charge in [0.2, 0.25) is 0 Å². The van der Waals surface area contributed by atoms with Crippen molar-refractivity contribution in [2.24, 2.45) is 0 Å². The number of benzene rings is 1. The van der Waals surface area contributed by atoms with Crippen molar-refractivity contribution in [3.63, 3.8) is 0 Å². The van der Waals surface area contributed by atoms with Crippen molar-refractivity contribution >= 4 is 17.6 Å². The number of hydrogen-bond donors (Lipinski definition) is 2. The Kier molecular flexibility index (Phi) is 3.15. The Hall–Kier alpha value is -1.26. The molecule has 1 aliphatic carbocycles. The summed E-state index contributed by atoms with van der Waals surface area (Å²) in [5, 5.41) is 13.1. The van der Waals surface area contributed by atoms with E-state index >= 15 is 0 Å². The van der Waals surface area contributed by atoms with Crippen LogP contribution in [0.15, 0.2) is 12.1 Å². The minimum atomic E-state index is -0.765. The number of carboxylic acids is 1. The molecule has 3 rings (SSSR count). The van der Waals surface area contributed by atoms with Gasteiger partial charge in [0.1, 0.15) is 11.3 Å². The third-order valence-corrected chi connectivity index (χ3v) is 4.28. The molecular formula is C14H16ClNO3. The van der Waals surface area contributed by atoms with E-state index in [1.807, 2.05) is 12.1 Å². The van der Waals surface area contributed by atoms with Gasteiger partial charge in [0.15, 0.2) is 0 Å². The molecule has 1 aliphatic heterocycles. The summed E-state index contributed by atoms with van der Waals surface area (Å²) >= 11 is 6.09. The second-order valence-electron chi connectivity index (χ2n) is 5.25. The Balaban J connectivity index is 1.79. The van der Waals surface area contributed by atoms with Crippen LogP contribution in [0.2, 0.25) is 5.02 Å². The van der Waals surface area contributed by atoms with Gasteiger partial charge < -0.3 is 9.84 Å². The monoisotopic (exact) mass is 281 g/mol. The number of carbonyl (C=O) groups is 1. The topological polar surface area (TPSA) is 58.6 Å². The third-order valence-electron chi connectivity index (χ3n) is 4.06. The molecule has 0 amide bonds. The summed E-state index contributed by atoms with van der Waals surface area (Å²) in [5.74, 6) is 0.107. The van der Waals surface area contributed by atoms with E-state index in [1.54, 1.807) is 0 Å². The Labute approximate surface area is 116 Å². The second-order valence-corrected chi connectivity index (χ2v) is 5.68. The highest BCUT2D eigenvalue weighted by Gasteiger charge is 2.44. The summed E-state index contributed by atoms with van der Waals surface area (Å²) in [6.45, 7) is 1.15. The zero-order valence-electron chi connectivity index (χ0n) is 10.5. The van der Waals surface area contributed by atoms with Crippen molar-refractivity contribution in [3.05, 3.63) is 28.3 Å². The number of fused-ring (bicyclic) bond motifs is 1. The van der Waals surface area contributed by atoms with E-state index in [1.165, 1.54) is 0 Å². The molecule has 0 spiro atoms. The molecule has 0 aromatic heterocycles. The zero-order chi connectivity index (χ0) is 13.5. The predicted molar refractivity (Wildman–Crippen MR) is 71.7 cm³/mol. The van der Waals surface area contributed by atoms with Gasteiger partial charge in [-0.05, 0) is 37.0 Å². The van der Waals surface area contributed by atoms with Crippen LogP contribution in [-0.2, 0) is 17.8 Å². The largest absolute Gasteiger partial charge is 0.493 e. The third kappa shape index (κ3) is 2.19. The number of aliphatic carboxylic acids is 1. The average molecular weight is 282 g/mol. The highest BCUT2D eigenvalue weighted by atomic mass is 35.5. The maximum atomic E-state index is 11.3. The van der Waals surface area contributed by atoms with Crippen molar-refractivity contribution in [2.75, 3.05) is 6.61 Å². The summed E-state index contributed by atoms with van der Waals surface area (Å²) < 4.78 is 5.62. The van der Waals surface area contributed by atoms with E-state index in [9.17, 15) is 9.90 Å². The normalized spacial score (nSPS) is 19.4. The van der Waals surface area contributed by atoms with Crippen molar-refractivity contribution in [2.45, 2.75) is 37.8 Å². The van der Waals surface area contributed by atoms with Gasteiger partial charge in [-0.2, -0.15) is 0 Å². The van der Waals surface area contributed by atoms with Gasteiger partial charge in [0, 0.05) is 23.6 Å². The molecule has 0 bridgehead atoms. The number of hydrogen-bond acceptors (Lipinski definition) is 3. The lowest BCUT2D eigenvalue weighted by Crippen LogP contribution is -2.56. The standard InChI is InChI=1S/C14H16ClNO3/c15-11-6-9-2-5-19-12(9)10(7-11)8-16-14(13(17)18)3-1-4-14/h6-7,16H,1-5,8H2,(H,17,18). The minimum Gasteiger partial charge on any atom is -0.493 e. The second kappa shape index (κ2) is 4.69. The lowest BCUT2D eigenvalue weighted by molar-refractivity contribution is -0.148. The van der Waals surface area contributed by atoms with Crippen LogP contribution in [0.25, 0.3) is 0 Å². The molecule has 0 atom stereocenters. The number of halogens is 1. The molecule has 5 heteroatoms. The Bertz CT molecular complexity index is 526. The van der Waals surface area contributed by atoms with Crippen molar-refractivity contribution in [1.82, 2.24) is 5.32 Å². The number of nitrogens with one attached hydrogen (secondary N) is 1. The summed E-state index contributed by atoms with van der Waals surface area (Å²) in [7, 11) is 0. The molecule has 0 saturated heterocycles.